The molecule has 0 radical (unpaired) electrons. The summed E-state index contributed by atoms with van der Waals surface area (Å²) in [6.07, 6.45) is 0. The van der Waals surface area contributed by atoms with Gasteiger partial charge in [-0.05, 0) is 24.6 Å². The van der Waals surface area contributed by atoms with Crippen molar-refractivity contribution in [2.75, 3.05) is 19.7 Å². The Morgan fingerprint density at radius 3 is 2.62 bits per heavy atom. The Bertz CT molecular complexity index is 369. The summed E-state index contributed by atoms with van der Waals surface area (Å²) in [7, 11) is 0. The van der Waals surface area contributed by atoms with Crippen molar-refractivity contribution in [3.05, 3.63) is 29.6 Å². The van der Waals surface area contributed by atoms with Gasteiger partial charge in [-0.25, -0.2) is 4.39 Å². The fourth-order valence-corrected chi connectivity index (χ4v) is 1.70. The fraction of sp³-hybridized carbons (Fsp3) is 0.455. The summed E-state index contributed by atoms with van der Waals surface area (Å²) in [5.74, 6) is 0.247. The van der Waals surface area contributed by atoms with Gasteiger partial charge in [0.15, 0.2) is 0 Å². The molecule has 1 aliphatic rings. The zero-order chi connectivity index (χ0) is 10.9. The molecular weight excluding hydrogens is 231 g/mol. The lowest BCUT2D eigenvalue weighted by Crippen LogP contribution is -2.62. The molecule has 0 bridgehead atoms. The third-order valence-corrected chi connectivity index (χ3v) is 2.64. The van der Waals surface area contributed by atoms with Crippen LogP contribution in [0, 0.1) is 5.82 Å². The lowest BCUT2D eigenvalue weighted by molar-refractivity contribution is 0.282. The van der Waals surface area contributed by atoms with E-state index in [0.717, 1.165) is 5.56 Å². The van der Waals surface area contributed by atoms with Crippen LogP contribution in [0.15, 0.2) is 18.2 Å². The van der Waals surface area contributed by atoms with Crippen molar-refractivity contribution in [3.8, 4) is 5.75 Å². The molecule has 5 heteroatoms. The molecule has 0 saturated carbocycles. The second-order valence-electron chi connectivity index (χ2n) is 3.87. The van der Waals surface area contributed by atoms with Gasteiger partial charge in [0.25, 0.3) is 0 Å². The van der Waals surface area contributed by atoms with Gasteiger partial charge in [0, 0.05) is 19.2 Å². The summed E-state index contributed by atoms with van der Waals surface area (Å²) >= 11 is 0. The normalized spacial score (nSPS) is 17.2. The first-order valence-corrected chi connectivity index (χ1v) is 5.07. The highest BCUT2D eigenvalue weighted by Crippen LogP contribution is 2.27. The Kier molecular flexibility index (Phi) is 4.13. The molecular formula is C11H16ClFN2O. The van der Waals surface area contributed by atoms with E-state index < -0.39 is 5.54 Å². The summed E-state index contributed by atoms with van der Waals surface area (Å²) in [4.78, 5) is 0. The molecule has 0 atom stereocenters. The molecule has 0 spiro atoms. The molecule has 3 N–H and O–H groups in total. The molecule has 1 aliphatic heterocycles. The van der Waals surface area contributed by atoms with E-state index in [1.54, 1.807) is 0 Å². The summed E-state index contributed by atoms with van der Waals surface area (Å²) in [6, 6.07) is 4.67. The first kappa shape index (κ1) is 13.2. The molecule has 90 valence electrons. The van der Waals surface area contributed by atoms with Gasteiger partial charge in [-0.3, -0.25) is 0 Å². The maximum absolute atomic E-state index is 13.3. The molecule has 1 aromatic carbocycles. The fourth-order valence-electron chi connectivity index (χ4n) is 1.70. The van der Waals surface area contributed by atoms with Crippen LogP contribution in [0.5, 0.6) is 5.75 Å². The lowest BCUT2D eigenvalue weighted by Gasteiger charge is -2.39. The molecule has 2 rings (SSSR count). The average molecular weight is 247 g/mol. The van der Waals surface area contributed by atoms with E-state index in [9.17, 15) is 4.39 Å². The Balaban J connectivity index is 0.00000128. The molecule has 1 aromatic rings. The Hall–Kier alpha value is -0.840. The number of nitrogens with two attached hydrogens (primary N) is 1. The number of hydrogen-bond donors (Lipinski definition) is 2. The summed E-state index contributed by atoms with van der Waals surface area (Å²) in [5.41, 5.74) is 6.43. The molecule has 16 heavy (non-hydrogen) atoms. The highest BCUT2D eigenvalue weighted by molar-refractivity contribution is 5.85. The summed E-state index contributed by atoms with van der Waals surface area (Å²) in [6.45, 7) is 3.76. The maximum atomic E-state index is 13.3. The van der Waals surface area contributed by atoms with E-state index in [1.807, 2.05) is 13.0 Å². The van der Waals surface area contributed by atoms with Crippen molar-refractivity contribution >= 4 is 12.4 Å². The average Bonchev–Trinajstić information content (AvgIpc) is 2.14. The highest BCUT2D eigenvalue weighted by Gasteiger charge is 2.34. The van der Waals surface area contributed by atoms with Crippen molar-refractivity contribution < 1.29 is 9.13 Å². The van der Waals surface area contributed by atoms with Gasteiger partial charge in [0.1, 0.15) is 11.6 Å². The van der Waals surface area contributed by atoms with E-state index in [-0.39, 0.29) is 18.2 Å². The van der Waals surface area contributed by atoms with Crippen LogP contribution in [0.3, 0.4) is 0 Å². The van der Waals surface area contributed by atoms with Crippen LogP contribution >= 0.6 is 12.4 Å². The van der Waals surface area contributed by atoms with Crippen LogP contribution in [0.2, 0.25) is 0 Å². The molecule has 1 heterocycles. The van der Waals surface area contributed by atoms with E-state index in [2.05, 4.69) is 5.32 Å². The predicted octanol–water partition coefficient (Wildman–Crippen LogP) is 1.40. The molecule has 0 unspecified atom stereocenters. The van der Waals surface area contributed by atoms with Gasteiger partial charge in [0.05, 0.1) is 12.1 Å². The number of hydrogen-bond acceptors (Lipinski definition) is 3. The molecule has 0 aliphatic carbocycles. The molecule has 0 aromatic heterocycles. The topological polar surface area (TPSA) is 47.3 Å². The van der Waals surface area contributed by atoms with Crippen molar-refractivity contribution in [2.45, 2.75) is 12.5 Å². The Morgan fingerprint density at radius 2 is 2.12 bits per heavy atom. The van der Waals surface area contributed by atoms with Crippen LogP contribution in [0.25, 0.3) is 0 Å². The van der Waals surface area contributed by atoms with Crippen molar-refractivity contribution in [3.63, 3.8) is 0 Å². The number of halogens is 2. The predicted molar refractivity (Wildman–Crippen MR) is 63.6 cm³/mol. The second kappa shape index (κ2) is 4.99. The van der Waals surface area contributed by atoms with Crippen LogP contribution < -0.4 is 15.8 Å². The minimum absolute atomic E-state index is 0. The Morgan fingerprint density at radius 1 is 1.44 bits per heavy atom. The highest BCUT2D eigenvalue weighted by atomic mass is 35.5. The van der Waals surface area contributed by atoms with Crippen molar-refractivity contribution in [1.29, 1.82) is 0 Å². The smallest absolute Gasteiger partial charge is 0.127 e. The van der Waals surface area contributed by atoms with Gasteiger partial charge < -0.3 is 15.8 Å². The van der Waals surface area contributed by atoms with Crippen LogP contribution in [-0.2, 0) is 5.54 Å². The third kappa shape index (κ3) is 2.45. The number of benzene rings is 1. The Labute approximate surface area is 101 Å². The zero-order valence-electron chi connectivity index (χ0n) is 9.13. The summed E-state index contributed by atoms with van der Waals surface area (Å²) < 4.78 is 18.6. The van der Waals surface area contributed by atoms with Crippen molar-refractivity contribution in [1.82, 2.24) is 5.32 Å². The van der Waals surface area contributed by atoms with Gasteiger partial charge in [-0.2, -0.15) is 0 Å². The van der Waals surface area contributed by atoms with Gasteiger partial charge in [-0.1, -0.05) is 0 Å². The second-order valence-corrected chi connectivity index (χ2v) is 3.87. The lowest BCUT2D eigenvalue weighted by atomic mass is 9.85. The van der Waals surface area contributed by atoms with Crippen molar-refractivity contribution in [2.24, 2.45) is 5.73 Å². The monoisotopic (exact) mass is 246 g/mol. The minimum atomic E-state index is -0.437. The SMILES string of the molecule is CCOc1cc(F)cc(C2(N)CNC2)c1.Cl. The zero-order valence-corrected chi connectivity index (χ0v) is 9.94. The van der Waals surface area contributed by atoms with Gasteiger partial charge in [0.2, 0.25) is 0 Å². The first-order valence-electron chi connectivity index (χ1n) is 5.07. The number of nitrogens with one attached hydrogen (secondary N) is 1. The summed E-state index contributed by atoms with van der Waals surface area (Å²) in [5, 5.41) is 3.08. The number of rotatable bonds is 3. The molecule has 0 amide bonds. The van der Waals surface area contributed by atoms with Crippen LogP contribution in [0.1, 0.15) is 12.5 Å². The van der Waals surface area contributed by atoms with E-state index in [0.29, 0.717) is 25.4 Å². The minimum Gasteiger partial charge on any atom is -0.494 e. The first-order chi connectivity index (χ1) is 7.14. The van der Waals surface area contributed by atoms with Crippen LogP contribution in [0.4, 0.5) is 4.39 Å². The number of ether oxygens (including phenoxy) is 1. The molecule has 3 nitrogen and oxygen atoms in total. The van der Waals surface area contributed by atoms with Gasteiger partial charge in [-0.15, -0.1) is 12.4 Å². The molecule has 1 fully saturated rings. The maximum Gasteiger partial charge on any atom is 0.127 e. The van der Waals surface area contributed by atoms with E-state index in [4.69, 9.17) is 10.5 Å². The quantitative estimate of drug-likeness (QED) is 0.848. The largest absolute Gasteiger partial charge is 0.494 e. The van der Waals surface area contributed by atoms with Gasteiger partial charge >= 0.3 is 0 Å². The standard InChI is InChI=1S/C11H15FN2O.ClH/c1-2-15-10-4-8(3-9(12)5-10)11(13)6-14-7-11;/h3-5,14H,2,6-7,13H2,1H3;1H. The van der Waals surface area contributed by atoms with Crippen LogP contribution in [-0.4, -0.2) is 19.7 Å². The van der Waals surface area contributed by atoms with E-state index in [1.165, 1.54) is 12.1 Å². The molecule has 1 saturated heterocycles. The van der Waals surface area contributed by atoms with E-state index >= 15 is 0 Å². The third-order valence-electron chi connectivity index (χ3n) is 2.64.